The van der Waals surface area contributed by atoms with Gasteiger partial charge in [-0.05, 0) is 51.0 Å². The molecule has 1 aromatic heterocycles. The summed E-state index contributed by atoms with van der Waals surface area (Å²) in [6.45, 7) is 3.84. The molecule has 8 heteroatoms. The van der Waals surface area contributed by atoms with Gasteiger partial charge in [-0.25, -0.2) is 4.98 Å². The van der Waals surface area contributed by atoms with Crippen molar-refractivity contribution in [3.05, 3.63) is 46.6 Å². The molecule has 1 aromatic carbocycles. The number of rotatable bonds is 7. The quantitative estimate of drug-likeness (QED) is 0.476. The fourth-order valence-corrected chi connectivity index (χ4v) is 4.72. The lowest BCUT2D eigenvalue weighted by atomic mass is 10.0. The number of nitrogens with zero attached hydrogens (tertiary/aromatic N) is 3. The number of nitriles is 1. The van der Waals surface area contributed by atoms with E-state index in [1.807, 2.05) is 23.1 Å². The van der Waals surface area contributed by atoms with Gasteiger partial charge >= 0.3 is 0 Å². The van der Waals surface area contributed by atoms with Crippen LogP contribution >= 0.6 is 11.8 Å². The summed E-state index contributed by atoms with van der Waals surface area (Å²) in [6, 6.07) is 9.15. The molecule has 0 aliphatic carbocycles. The Hall–Kier alpha value is -3.05. The number of aromatic nitrogens is 1. The summed E-state index contributed by atoms with van der Waals surface area (Å²) < 4.78 is 10.9. The predicted octanol–water partition coefficient (Wildman–Crippen LogP) is 3.94. The number of ether oxygens (including phenoxy) is 2. The minimum absolute atomic E-state index is 0.0311. The number of thioether (sulfide) groups is 1. The van der Waals surface area contributed by atoms with Crippen LogP contribution in [0.4, 0.5) is 0 Å². The van der Waals surface area contributed by atoms with E-state index in [9.17, 15) is 14.9 Å². The largest absolute Gasteiger partial charge is 0.497 e. The van der Waals surface area contributed by atoms with Crippen LogP contribution in [-0.4, -0.2) is 48.1 Å². The van der Waals surface area contributed by atoms with Crippen molar-refractivity contribution < 1.29 is 19.1 Å². The first kappa shape index (κ1) is 22.6. The van der Waals surface area contributed by atoms with Crippen LogP contribution in [0.3, 0.4) is 0 Å². The minimum Gasteiger partial charge on any atom is -0.497 e. The second-order valence-corrected chi connectivity index (χ2v) is 8.25. The molecule has 1 aliphatic rings. The number of hydrogen-bond acceptors (Lipinski definition) is 7. The Morgan fingerprint density at radius 3 is 2.71 bits per heavy atom. The molecule has 1 aliphatic heterocycles. The van der Waals surface area contributed by atoms with Gasteiger partial charge in [0.2, 0.25) is 5.91 Å². The van der Waals surface area contributed by atoms with Gasteiger partial charge in [0.1, 0.15) is 22.6 Å². The molecule has 0 spiro atoms. The van der Waals surface area contributed by atoms with Crippen LogP contribution in [-0.2, 0) is 4.79 Å². The van der Waals surface area contributed by atoms with E-state index in [0.717, 1.165) is 24.2 Å². The molecular formula is C23H25N3O4S. The zero-order valence-corrected chi connectivity index (χ0v) is 18.9. The Kier molecular flexibility index (Phi) is 7.18. The normalized spacial score (nSPS) is 15.5. The number of ketones is 1. The molecule has 0 saturated carbocycles. The van der Waals surface area contributed by atoms with Gasteiger partial charge in [0.25, 0.3) is 0 Å². The summed E-state index contributed by atoms with van der Waals surface area (Å²) in [5, 5.41) is 9.92. The van der Waals surface area contributed by atoms with Gasteiger partial charge in [0.15, 0.2) is 5.78 Å². The van der Waals surface area contributed by atoms with Gasteiger partial charge in [0, 0.05) is 23.4 Å². The van der Waals surface area contributed by atoms with Crippen molar-refractivity contribution in [2.45, 2.75) is 37.8 Å². The lowest BCUT2D eigenvalue weighted by Crippen LogP contribution is -2.32. The number of hydrogen-bond donors (Lipinski definition) is 0. The van der Waals surface area contributed by atoms with Crippen LogP contribution < -0.4 is 9.47 Å². The van der Waals surface area contributed by atoms with Crippen LogP contribution in [0.25, 0.3) is 0 Å². The average Bonchev–Trinajstić information content (AvgIpc) is 3.26. The Morgan fingerprint density at radius 1 is 1.29 bits per heavy atom. The average molecular weight is 440 g/mol. The van der Waals surface area contributed by atoms with Gasteiger partial charge in [0.05, 0.1) is 31.6 Å². The highest BCUT2D eigenvalue weighted by Gasteiger charge is 2.32. The molecule has 2 heterocycles. The number of pyridine rings is 1. The first-order chi connectivity index (χ1) is 14.9. The highest BCUT2D eigenvalue weighted by atomic mass is 32.2. The van der Waals surface area contributed by atoms with E-state index in [2.05, 4.69) is 11.1 Å². The third-order valence-corrected chi connectivity index (χ3v) is 6.36. The number of carbonyl (C=O) groups excluding carboxylic acids is 2. The molecule has 1 fully saturated rings. The fraction of sp³-hybridized carbons (Fsp3) is 0.391. The molecule has 3 rings (SSSR count). The summed E-state index contributed by atoms with van der Waals surface area (Å²) in [4.78, 5) is 31.1. The first-order valence-corrected chi connectivity index (χ1v) is 10.9. The molecule has 1 unspecified atom stereocenters. The third-order valence-electron chi connectivity index (χ3n) is 5.38. The molecule has 0 N–H and O–H groups in total. The Bertz CT molecular complexity index is 1050. The maximum atomic E-state index is 13.1. The van der Waals surface area contributed by atoms with E-state index < -0.39 is 0 Å². The second kappa shape index (κ2) is 9.84. The fourth-order valence-electron chi connectivity index (χ4n) is 3.83. The highest BCUT2D eigenvalue weighted by molar-refractivity contribution is 8.00. The molecule has 31 heavy (non-hydrogen) atoms. The van der Waals surface area contributed by atoms with Gasteiger partial charge < -0.3 is 14.4 Å². The molecule has 0 radical (unpaired) electrons. The Labute approximate surface area is 186 Å². The maximum Gasteiger partial charge on any atom is 0.233 e. The van der Waals surface area contributed by atoms with E-state index >= 15 is 0 Å². The number of benzene rings is 1. The number of carbonyl (C=O) groups is 2. The van der Waals surface area contributed by atoms with Crippen molar-refractivity contribution in [2.75, 3.05) is 26.5 Å². The van der Waals surface area contributed by atoms with Crippen molar-refractivity contribution in [2.24, 2.45) is 0 Å². The summed E-state index contributed by atoms with van der Waals surface area (Å²) in [5.41, 5.74) is 2.22. The van der Waals surface area contributed by atoms with E-state index in [1.165, 1.54) is 18.7 Å². The molecule has 1 saturated heterocycles. The van der Waals surface area contributed by atoms with Crippen LogP contribution in [0.1, 0.15) is 53.0 Å². The summed E-state index contributed by atoms with van der Waals surface area (Å²) >= 11 is 1.22. The van der Waals surface area contributed by atoms with Gasteiger partial charge in [-0.15, -0.1) is 0 Å². The number of Topliss-reactive ketones (excluding diaryl/α,β-unsaturated/α-hetero) is 1. The Morgan fingerprint density at radius 2 is 2.06 bits per heavy atom. The standard InChI is InChI=1S/C23H25N3O4S/c1-14-18(15(2)27)10-16(12-24)23(25-14)31-13-22(28)26-9-5-6-20(26)19-11-17(29-3)7-8-21(19)30-4/h7-8,10-11,20H,5-6,9,13H2,1-4H3. The van der Waals surface area contributed by atoms with Crippen LogP contribution in [0.2, 0.25) is 0 Å². The SMILES string of the molecule is COc1ccc(OC)c(C2CCCN2C(=O)CSc2nc(C)c(C(C)=O)cc2C#N)c1. The van der Waals surface area contributed by atoms with Crippen molar-refractivity contribution in [1.82, 2.24) is 9.88 Å². The van der Waals surface area contributed by atoms with E-state index in [-0.39, 0.29) is 23.5 Å². The molecule has 1 amide bonds. The lowest BCUT2D eigenvalue weighted by Gasteiger charge is -2.26. The van der Waals surface area contributed by atoms with Crippen LogP contribution in [0.5, 0.6) is 11.5 Å². The zero-order valence-electron chi connectivity index (χ0n) is 18.1. The Balaban J connectivity index is 1.79. The van der Waals surface area contributed by atoms with Gasteiger partial charge in [-0.3, -0.25) is 9.59 Å². The van der Waals surface area contributed by atoms with E-state index in [0.29, 0.717) is 34.1 Å². The van der Waals surface area contributed by atoms with Gasteiger partial charge in [-0.2, -0.15) is 5.26 Å². The molecular weight excluding hydrogens is 414 g/mol. The lowest BCUT2D eigenvalue weighted by molar-refractivity contribution is -0.129. The molecule has 7 nitrogen and oxygen atoms in total. The molecule has 2 aromatic rings. The highest BCUT2D eigenvalue weighted by Crippen LogP contribution is 2.39. The monoisotopic (exact) mass is 439 g/mol. The van der Waals surface area contributed by atoms with Crippen LogP contribution in [0, 0.1) is 18.3 Å². The van der Waals surface area contributed by atoms with Gasteiger partial charge in [-0.1, -0.05) is 11.8 Å². The van der Waals surface area contributed by atoms with Crippen molar-refractivity contribution in [3.8, 4) is 17.6 Å². The topological polar surface area (TPSA) is 92.5 Å². The molecule has 1 atom stereocenters. The van der Waals surface area contributed by atoms with Crippen molar-refractivity contribution in [1.29, 1.82) is 5.26 Å². The van der Waals surface area contributed by atoms with Crippen molar-refractivity contribution in [3.63, 3.8) is 0 Å². The van der Waals surface area contributed by atoms with E-state index in [1.54, 1.807) is 27.2 Å². The zero-order chi connectivity index (χ0) is 22.5. The number of likely N-dealkylation sites (tertiary alicyclic amines) is 1. The second-order valence-electron chi connectivity index (χ2n) is 7.28. The summed E-state index contributed by atoms with van der Waals surface area (Å²) in [7, 11) is 3.23. The number of amides is 1. The van der Waals surface area contributed by atoms with Crippen molar-refractivity contribution >= 4 is 23.5 Å². The number of aryl methyl sites for hydroxylation is 1. The molecule has 0 bridgehead atoms. The predicted molar refractivity (Wildman–Crippen MR) is 118 cm³/mol. The summed E-state index contributed by atoms with van der Waals surface area (Å²) in [6.07, 6.45) is 1.74. The molecule has 162 valence electrons. The maximum absolute atomic E-state index is 13.1. The van der Waals surface area contributed by atoms with E-state index in [4.69, 9.17) is 9.47 Å². The third kappa shape index (κ3) is 4.83. The summed E-state index contributed by atoms with van der Waals surface area (Å²) in [5.74, 6) is 1.43. The minimum atomic E-state index is -0.138. The van der Waals surface area contributed by atoms with Crippen LogP contribution in [0.15, 0.2) is 29.3 Å². The smallest absolute Gasteiger partial charge is 0.233 e. The first-order valence-electron chi connectivity index (χ1n) is 9.96. The number of methoxy groups -OCH3 is 2.